The third-order valence-corrected chi connectivity index (χ3v) is 26.5. The van der Waals surface area contributed by atoms with Gasteiger partial charge in [0.15, 0.2) is 0 Å². The molecule has 0 aromatic carbocycles. The summed E-state index contributed by atoms with van der Waals surface area (Å²) in [5.41, 5.74) is -0.483. The molecule has 0 bridgehead atoms. The number of hydrogen-bond acceptors (Lipinski definition) is 4. The monoisotopic (exact) mass is 725 g/mol. The van der Waals surface area contributed by atoms with E-state index in [0.717, 1.165) is 6.42 Å². The Labute approximate surface area is 279 Å². The van der Waals surface area contributed by atoms with E-state index in [9.17, 15) is 0 Å². The fraction of sp³-hybridized carbons (Fsp3) is 1.00. The molecule has 0 fully saturated rings. The first-order chi connectivity index (χ1) is 19.3. The second kappa shape index (κ2) is 15.3. The molecule has 0 radical (unpaired) electrons. The SMILES string of the molecule is CN(C)P(=NP(Cl)(N=P(N(C)C)(N(C)C)N(C)C)(N=P(N(C)C)(N(C)C)N(C)C)NC(C)(C)CC(C)(C)C)(N(C)C)N(C)C. The Morgan fingerprint density at radius 3 is 0.773 bits per heavy atom. The minimum atomic E-state index is -4.67. The van der Waals surface area contributed by atoms with E-state index < -0.39 is 34.6 Å². The molecule has 0 unspecified atom stereocenters. The van der Waals surface area contributed by atoms with Crippen LogP contribution in [0.4, 0.5) is 0 Å². The molecule has 13 nitrogen and oxygen atoms in total. The molecule has 0 rings (SSSR count). The molecule has 268 valence electrons. The van der Waals surface area contributed by atoms with Crippen molar-refractivity contribution in [1.29, 1.82) is 0 Å². The number of hydrogen-bond donors (Lipinski definition) is 1. The van der Waals surface area contributed by atoms with Crippen molar-refractivity contribution in [3.8, 4) is 0 Å². The van der Waals surface area contributed by atoms with Gasteiger partial charge in [0.2, 0.25) is 0 Å². The Hall–Kier alpha value is 1.01. The van der Waals surface area contributed by atoms with Crippen LogP contribution in [0.3, 0.4) is 0 Å². The molecule has 0 aliphatic carbocycles. The molecule has 0 atom stereocenters. The van der Waals surface area contributed by atoms with Gasteiger partial charge in [-0.1, -0.05) is 0 Å². The fourth-order valence-corrected chi connectivity index (χ4v) is 30.1. The van der Waals surface area contributed by atoms with Crippen molar-refractivity contribution in [1.82, 2.24) is 47.1 Å². The molecule has 0 saturated heterocycles. The van der Waals surface area contributed by atoms with Crippen molar-refractivity contribution in [2.24, 2.45) is 19.0 Å². The van der Waals surface area contributed by atoms with E-state index in [-0.39, 0.29) is 5.41 Å². The van der Waals surface area contributed by atoms with Gasteiger partial charge in [0.05, 0.1) is 0 Å². The molecular weight excluding hydrogens is 654 g/mol. The Morgan fingerprint density at radius 1 is 0.455 bits per heavy atom. The summed E-state index contributed by atoms with van der Waals surface area (Å²) in [5.74, 6) is 0. The summed E-state index contributed by atoms with van der Waals surface area (Å²) < 4.78 is 37.7. The second-order valence-corrected chi connectivity index (χ2v) is 31.5. The van der Waals surface area contributed by atoms with Crippen molar-refractivity contribution in [2.45, 2.75) is 46.6 Å². The number of rotatable bonds is 15. The average Bonchev–Trinajstić information content (AvgIpc) is 2.75. The van der Waals surface area contributed by atoms with E-state index in [0.29, 0.717) is 0 Å². The standard InChI is InChI=1S/C26H72ClN13P4/c1-25(2,3)24-26(4,5)28-44(27,29-41(32(6)7,33(8)9)34(10)11,30-42(35(12)13,36(14)15)37(16)17)31-43(38(18)19,39(20)21)40(22)23/h28H,24H2,1-23H3. The number of nitrogens with one attached hydrogen (secondary N) is 1. The quantitative estimate of drug-likeness (QED) is 0.178. The molecular formula is C26H72ClN13P4. The molecule has 1 N–H and O–H groups in total. The minimum absolute atomic E-state index is 0.00711. The van der Waals surface area contributed by atoms with Gasteiger partial charge in [-0.05, 0) is 0 Å². The van der Waals surface area contributed by atoms with Crippen molar-refractivity contribution in [2.75, 3.05) is 127 Å². The van der Waals surface area contributed by atoms with Crippen LogP contribution in [-0.4, -0.2) is 174 Å². The molecule has 0 saturated carbocycles. The predicted molar refractivity (Wildman–Crippen MR) is 205 cm³/mol. The van der Waals surface area contributed by atoms with Gasteiger partial charge in [0, 0.05) is 0 Å². The zero-order valence-electron chi connectivity index (χ0n) is 32.7. The summed E-state index contributed by atoms with van der Waals surface area (Å²) in [5, 5.41) is 4.04. The van der Waals surface area contributed by atoms with Gasteiger partial charge in [-0.2, -0.15) is 0 Å². The van der Waals surface area contributed by atoms with Crippen LogP contribution < -0.4 is 5.09 Å². The molecule has 0 spiro atoms. The molecule has 18 heteroatoms. The zero-order chi connectivity index (χ0) is 35.7. The van der Waals surface area contributed by atoms with Gasteiger partial charge in [-0.15, -0.1) is 0 Å². The van der Waals surface area contributed by atoms with Crippen molar-refractivity contribution >= 4 is 40.3 Å². The topological polar surface area (TPSA) is 78.3 Å². The summed E-state index contributed by atoms with van der Waals surface area (Å²) >= 11 is 8.62. The van der Waals surface area contributed by atoms with Gasteiger partial charge in [-0.25, -0.2) is 0 Å². The second-order valence-electron chi connectivity index (χ2n) is 15.1. The van der Waals surface area contributed by atoms with E-state index in [1.165, 1.54) is 0 Å². The van der Waals surface area contributed by atoms with E-state index >= 15 is 0 Å². The molecule has 44 heavy (non-hydrogen) atoms. The van der Waals surface area contributed by atoms with Gasteiger partial charge in [0.25, 0.3) is 0 Å². The van der Waals surface area contributed by atoms with Crippen LogP contribution in [0.2, 0.25) is 0 Å². The first kappa shape index (κ1) is 45.0. The molecule has 0 amide bonds. The first-order valence-corrected chi connectivity index (χ1v) is 22.7. The predicted octanol–water partition coefficient (Wildman–Crippen LogP) is 7.05. The van der Waals surface area contributed by atoms with Crippen LogP contribution in [0.25, 0.3) is 0 Å². The van der Waals surface area contributed by atoms with Gasteiger partial charge in [0.1, 0.15) is 0 Å². The summed E-state index contributed by atoms with van der Waals surface area (Å²) in [4.78, 5) is 0. The summed E-state index contributed by atoms with van der Waals surface area (Å²) in [6.07, 6.45) is 0.831. The molecule has 0 aliphatic heterocycles. The van der Waals surface area contributed by atoms with Crippen molar-refractivity contribution < 1.29 is 0 Å². The van der Waals surface area contributed by atoms with Gasteiger partial charge in [-0.3, -0.25) is 0 Å². The Balaban J connectivity index is 9.74. The van der Waals surface area contributed by atoms with E-state index in [1.54, 1.807) is 0 Å². The van der Waals surface area contributed by atoms with Crippen LogP contribution in [0.5, 0.6) is 0 Å². The van der Waals surface area contributed by atoms with Gasteiger partial charge < -0.3 is 0 Å². The van der Waals surface area contributed by atoms with E-state index in [1.807, 2.05) is 0 Å². The third-order valence-electron chi connectivity index (χ3n) is 7.13. The summed E-state index contributed by atoms with van der Waals surface area (Å²) in [6, 6.07) is 0. The third kappa shape index (κ3) is 9.58. The molecule has 0 aliphatic rings. The van der Waals surface area contributed by atoms with Crippen LogP contribution in [0.15, 0.2) is 13.5 Å². The maximum absolute atomic E-state index is 8.62. The van der Waals surface area contributed by atoms with Crippen LogP contribution in [0.1, 0.15) is 41.0 Å². The van der Waals surface area contributed by atoms with Crippen molar-refractivity contribution in [3.05, 3.63) is 0 Å². The Kier molecular flexibility index (Phi) is 15.6. The first-order valence-electron chi connectivity index (χ1n) is 14.9. The normalized spacial score (nSPS) is 16.0. The van der Waals surface area contributed by atoms with E-state index in [4.69, 9.17) is 24.8 Å². The molecule has 0 aromatic rings. The zero-order valence-corrected chi connectivity index (χ0v) is 37.1. The number of halogens is 1. The Morgan fingerprint density at radius 2 is 0.636 bits per heavy atom. The van der Waals surface area contributed by atoms with Gasteiger partial charge >= 0.3 is 280 Å². The van der Waals surface area contributed by atoms with Crippen molar-refractivity contribution in [3.63, 3.8) is 0 Å². The van der Waals surface area contributed by atoms with Crippen LogP contribution >= 0.6 is 40.3 Å². The molecule has 0 aromatic heterocycles. The van der Waals surface area contributed by atoms with Crippen LogP contribution in [0, 0.1) is 5.41 Å². The summed E-state index contributed by atoms with van der Waals surface area (Å²) in [7, 11) is 29.4. The van der Waals surface area contributed by atoms with Crippen LogP contribution in [-0.2, 0) is 0 Å². The summed E-state index contributed by atoms with van der Waals surface area (Å²) in [6.45, 7) is 6.53. The maximum atomic E-state index is 8.62. The number of nitrogens with zero attached hydrogens (tertiary/aromatic N) is 12. The van der Waals surface area contributed by atoms with E-state index in [2.05, 4.69) is 209 Å². The fourth-order valence-electron chi connectivity index (χ4n) is 6.58. The Bertz CT molecular complexity index is 928. The average molecular weight is 726 g/mol. The molecule has 0 heterocycles.